The van der Waals surface area contributed by atoms with E-state index in [1.54, 1.807) is 0 Å². The molecular weight excluding hydrogens is 496 g/mol. The van der Waals surface area contributed by atoms with Crippen LogP contribution in [0.5, 0.6) is 0 Å². The van der Waals surface area contributed by atoms with Gasteiger partial charge in [-0.05, 0) is 86.9 Å². The number of hydrogen-bond acceptors (Lipinski definition) is 2. The highest BCUT2D eigenvalue weighted by Crippen LogP contribution is 2.41. The first-order valence-electron chi connectivity index (χ1n) is 12.9. The summed E-state index contributed by atoms with van der Waals surface area (Å²) in [6, 6.07) is 21.2. The Kier molecular flexibility index (Phi) is 10.8. The van der Waals surface area contributed by atoms with E-state index in [-0.39, 0.29) is 0 Å². The van der Waals surface area contributed by atoms with Gasteiger partial charge in [0.2, 0.25) is 0 Å². The number of alkyl halides is 1. The number of benzene rings is 2. The van der Waals surface area contributed by atoms with Gasteiger partial charge in [-0.2, -0.15) is 0 Å². The predicted molar refractivity (Wildman–Crippen MR) is 154 cm³/mol. The Balaban J connectivity index is 0.000000638. The molecule has 0 amide bonds. The fourth-order valence-corrected chi connectivity index (χ4v) is 6.10. The minimum absolute atomic E-state index is 0.750. The van der Waals surface area contributed by atoms with E-state index in [0.717, 1.165) is 30.8 Å². The van der Waals surface area contributed by atoms with Crippen molar-refractivity contribution >= 4 is 38.7 Å². The van der Waals surface area contributed by atoms with E-state index >= 15 is 0 Å². The van der Waals surface area contributed by atoms with Crippen LogP contribution in [0.3, 0.4) is 0 Å². The van der Waals surface area contributed by atoms with Crippen molar-refractivity contribution in [1.82, 2.24) is 9.47 Å². The summed E-state index contributed by atoms with van der Waals surface area (Å²) in [7, 11) is 0. The molecule has 2 bridgehead atoms. The van der Waals surface area contributed by atoms with Crippen molar-refractivity contribution < 1.29 is 4.79 Å². The molecule has 0 aliphatic carbocycles. The van der Waals surface area contributed by atoms with Gasteiger partial charge in [0.25, 0.3) is 0 Å². The highest BCUT2D eigenvalue weighted by Gasteiger charge is 2.40. The third-order valence-corrected chi connectivity index (χ3v) is 7.50. The van der Waals surface area contributed by atoms with Gasteiger partial charge in [0.1, 0.15) is 6.29 Å². The monoisotopic (exact) mass is 536 g/mol. The third kappa shape index (κ3) is 6.95. The Labute approximate surface area is 220 Å². The molecule has 35 heavy (non-hydrogen) atoms. The summed E-state index contributed by atoms with van der Waals surface area (Å²) in [6.07, 6.45) is 11.0. The van der Waals surface area contributed by atoms with Gasteiger partial charge < -0.3 is 9.36 Å². The molecule has 0 N–H and O–H groups in total. The number of halogens is 1. The maximum Gasteiger partial charge on any atom is 0.116 e. The molecule has 3 heterocycles. The highest BCUT2D eigenvalue weighted by molar-refractivity contribution is 9.08. The molecule has 0 spiro atoms. The van der Waals surface area contributed by atoms with E-state index in [2.05, 4.69) is 99.7 Å². The van der Waals surface area contributed by atoms with E-state index in [1.165, 1.54) is 79.6 Å². The normalized spacial score (nSPS) is 21.0. The van der Waals surface area contributed by atoms with E-state index in [4.69, 9.17) is 4.79 Å². The van der Waals surface area contributed by atoms with E-state index in [1.807, 2.05) is 5.83 Å². The summed E-state index contributed by atoms with van der Waals surface area (Å²) in [5.41, 5.74) is 5.42. The smallest absolute Gasteiger partial charge is 0.116 e. The number of fused-ring (bicyclic) bond motifs is 3. The maximum atomic E-state index is 8.81. The molecule has 2 aliphatic heterocycles. The number of aromatic nitrogens is 1. The number of piperidine rings is 1. The molecular formula is C31H41BrN2O. The molecule has 188 valence electrons. The standard InChI is InChI=1S/C28H34N2.C2H4O.CH3Br/c1-21(24-9-4-3-5-10-24)17-23-18-25-13-14-26(19-23)30(25)16-8-15-29-20-22(2)27-11-6-7-12-28(27)29;1-2-3;1-2/h3-7,9-12,20,23,25-26H,1,8,13-19H2,2H3;2H,1H3;1H3. The molecule has 2 aromatic carbocycles. The number of hydrogen-bond donors (Lipinski definition) is 0. The van der Waals surface area contributed by atoms with Crippen LogP contribution in [0, 0.1) is 12.8 Å². The van der Waals surface area contributed by atoms with Gasteiger partial charge in [0.05, 0.1) is 0 Å². The van der Waals surface area contributed by atoms with Gasteiger partial charge in [-0.3, -0.25) is 4.90 Å². The number of rotatable bonds is 7. The number of aryl methyl sites for hydroxylation is 2. The summed E-state index contributed by atoms with van der Waals surface area (Å²) < 4.78 is 2.46. The number of allylic oxidation sites excluding steroid dienone is 1. The van der Waals surface area contributed by atoms with E-state index in [0.29, 0.717) is 0 Å². The maximum absolute atomic E-state index is 8.81. The molecule has 2 saturated heterocycles. The molecule has 0 saturated carbocycles. The largest absolute Gasteiger partial charge is 0.347 e. The van der Waals surface area contributed by atoms with Gasteiger partial charge in [0.15, 0.2) is 0 Å². The molecule has 2 aliphatic rings. The summed E-state index contributed by atoms with van der Waals surface area (Å²) in [6.45, 7) is 10.4. The van der Waals surface area contributed by atoms with Crippen LogP contribution in [0.1, 0.15) is 56.6 Å². The zero-order valence-corrected chi connectivity index (χ0v) is 23.2. The van der Waals surface area contributed by atoms with Crippen LogP contribution in [0.25, 0.3) is 16.5 Å². The van der Waals surface area contributed by atoms with Gasteiger partial charge in [-0.25, -0.2) is 0 Å². The molecule has 3 nitrogen and oxygen atoms in total. The molecule has 2 fully saturated rings. The number of para-hydroxylation sites is 1. The molecule has 4 heteroatoms. The summed E-state index contributed by atoms with van der Waals surface area (Å²) in [5, 5.41) is 1.40. The minimum atomic E-state index is 0.750. The molecule has 1 aromatic heterocycles. The first-order chi connectivity index (χ1) is 17.1. The Hall–Kier alpha value is -2.17. The van der Waals surface area contributed by atoms with Crippen molar-refractivity contribution in [3.8, 4) is 0 Å². The van der Waals surface area contributed by atoms with Crippen LogP contribution in [0.15, 0.2) is 67.4 Å². The zero-order chi connectivity index (χ0) is 25.2. The lowest BCUT2D eigenvalue weighted by Crippen LogP contribution is -2.43. The highest BCUT2D eigenvalue weighted by atomic mass is 79.9. The van der Waals surface area contributed by atoms with Crippen molar-refractivity contribution in [1.29, 1.82) is 0 Å². The Morgan fingerprint density at radius 1 is 1.00 bits per heavy atom. The lowest BCUT2D eigenvalue weighted by atomic mass is 9.84. The minimum Gasteiger partial charge on any atom is -0.347 e. The van der Waals surface area contributed by atoms with Crippen molar-refractivity contribution in [3.05, 3.63) is 78.5 Å². The van der Waals surface area contributed by atoms with Crippen LogP contribution in [0.4, 0.5) is 0 Å². The zero-order valence-electron chi connectivity index (χ0n) is 21.6. The predicted octanol–water partition coefficient (Wildman–Crippen LogP) is 7.90. The summed E-state index contributed by atoms with van der Waals surface area (Å²) in [4.78, 5) is 11.7. The average molecular weight is 538 g/mol. The molecule has 2 atom stereocenters. The third-order valence-electron chi connectivity index (χ3n) is 7.50. The molecule has 5 rings (SSSR count). The van der Waals surface area contributed by atoms with Crippen LogP contribution in [-0.4, -0.2) is 40.2 Å². The second-order valence-electron chi connectivity index (χ2n) is 9.75. The van der Waals surface area contributed by atoms with Crippen LogP contribution in [-0.2, 0) is 11.3 Å². The summed E-state index contributed by atoms with van der Waals surface area (Å²) >= 11 is 2.94. The fraction of sp³-hybridized carbons (Fsp3) is 0.452. The topological polar surface area (TPSA) is 25.2 Å². The first kappa shape index (κ1) is 27.4. The number of carbonyl (C=O) groups excluding carboxylic acids is 1. The SMILES string of the molecule is C=C(CC1CC2CCC(C1)N2CCCn1cc(C)c2ccccc21)c1ccccc1.CBr.CC=O. The van der Waals surface area contributed by atoms with Gasteiger partial charge in [-0.15, -0.1) is 0 Å². The average Bonchev–Trinajstić information content (AvgIpc) is 3.33. The number of nitrogens with zero attached hydrogens (tertiary/aromatic N) is 2. The van der Waals surface area contributed by atoms with Crippen molar-refractivity contribution in [2.45, 2.75) is 71.0 Å². The Morgan fingerprint density at radius 3 is 2.26 bits per heavy atom. The van der Waals surface area contributed by atoms with Crippen LogP contribution >= 0.6 is 15.9 Å². The van der Waals surface area contributed by atoms with E-state index in [9.17, 15) is 0 Å². The second kappa shape index (κ2) is 13.8. The summed E-state index contributed by atoms with van der Waals surface area (Å²) in [5.74, 6) is 2.62. The van der Waals surface area contributed by atoms with Crippen LogP contribution in [0.2, 0.25) is 0 Å². The van der Waals surface area contributed by atoms with Gasteiger partial charge in [-0.1, -0.05) is 71.0 Å². The van der Waals surface area contributed by atoms with E-state index < -0.39 is 0 Å². The Morgan fingerprint density at radius 2 is 1.60 bits per heavy atom. The Bertz CT molecular complexity index is 1060. The molecule has 3 aromatic rings. The number of carbonyl (C=O) groups is 1. The van der Waals surface area contributed by atoms with Crippen LogP contribution < -0.4 is 0 Å². The number of aldehydes is 1. The second-order valence-corrected chi connectivity index (χ2v) is 9.75. The van der Waals surface area contributed by atoms with Crippen molar-refractivity contribution in [3.63, 3.8) is 0 Å². The van der Waals surface area contributed by atoms with Crippen molar-refractivity contribution in [2.75, 3.05) is 12.4 Å². The molecule has 2 unspecified atom stereocenters. The quantitative estimate of drug-likeness (QED) is 0.226. The van der Waals surface area contributed by atoms with Crippen molar-refractivity contribution in [2.24, 2.45) is 5.92 Å². The first-order valence-corrected chi connectivity index (χ1v) is 14.5. The lowest BCUT2D eigenvalue weighted by molar-refractivity contribution is -0.106. The lowest BCUT2D eigenvalue weighted by Gasteiger charge is -2.39. The molecule has 0 radical (unpaired) electrons. The van der Waals surface area contributed by atoms with Gasteiger partial charge >= 0.3 is 0 Å². The van der Waals surface area contributed by atoms with Gasteiger partial charge in [0, 0.05) is 42.3 Å². The fourth-order valence-electron chi connectivity index (χ4n) is 6.10.